The Morgan fingerprint density at radius 2 is 1.43 bits per heavy atom. The van der Waals surface area contributed by atoms with Crippen LogP contribution < -0.4 is 5.32 Å². The number of hydrogen-bond acceptors (Lipinski definition) is 4. The van der Waals surface area contributed by atoms with E-state index in [1.807, 2.05) is 0 Å². The minimum atomic E-state index is -1.34. The first-order valence-corrected chi connectivity index (χ1v) is 8.83. The number of rotatable bonds is 14. The van der Waals surface area contributed by atoms with Gasteiger partial charge in [-0.25, -0.2) is 9.59 Å². The monoisotopic (exact) mass is 331 g/mol. The zero-order valence-electron chi connectivity index (χ0n) is 14.6. The minimum absolute atomic E-state index is 0.272. The van der Waals surface area contributed by atoms with Crippen molar-refractivity contribution >= 4 is 12.1 Å². The summed E-state index contributed by atoms with van der Waals surface area (Å²) >= 11 is 0. The molecule has 0 heterocycles. The first-order chi connectivity index (χ1) is 11.0. The number of carbonyl (C=O) groups is 2. The third-order valence-corrected chi connectivity index (χ3v) is 3.75. The van der Waals surface area contributed by atoms with Crippen LogP contribution in [0.4, 0.5) is 4.79 Å². The van der Waals surface area contributed by atoms with Crippen molar-refractivity contribution in [2.24, 2.45) is 0 Å². The highest BCUT2D eigenvalue weighted by Crippen LogP contribution is 2.10. The molecule has 0 aliphatic heterocycles. The normalized spacial score (nSPS) is 13.3. The van der Waals surface area contributed by atoms with Crippen molar-refractivity contribution in [3.05, 3.63) is 0 Å². The number of alkyl carbamates (subject to hydrolysis) is 1. The van der Waals surface area contributed by atoms with Crippen molar-refractivity contribution in [2.75, 3.05) is 6.61 Å². The van der Waals surface area contributed by atoms with Gasteiger partial charge >= 0.3 is 12.1 Å². The van der Waals surface area contributed by atoms with Gasteiger partial charge in [-0.15, -0.1) is 0 Å². The number of aliphatic carboxylic acids is 1. The van der Waals surface area contributed by atoms with Gasteiger partial charge < -0.3 is 20.3 Å². The topological polar surface area (TPSA) is 95.9 Å². The Bertz CT molecular complexity index is 320. The molecule has 0 aromatic carbocycles. The fourth-order valence-corrected chi connectivity index (χ4v) is 2.31. The molecule has 6 heteroatoms. The molecule has 0 unspecified atom stereocenters. The Balaban J connectivity index is 3.47. The molecule has 23 heavy (non-hydrogen) atoms. The lowest BCUT2D eigenvalue weighted by Gasteiger charge is -2.16. The van der Waals surface area contributed by atoms with Gasteiger partial charge in [-0.3, -0.25) is 0 Å². The van der Waals surface area contributed by atoms with E-state index in [-0.39, 0.29) is 6.61 Å². The summed E-state index contributed by atoms with van der Waals surface area (Å²) in [7, 11) is 0. The molecule has 0 saturated carbocycles. The fourth-order valence-electron chi connectivity index (χ4n) is 2.31. The van der Waals surface area contributed by atoms with Crippen LogP contribution in [0.5, 0.6) is 0 Å². The summed E-state index contributed by atoms with van der Waals surface area (Å²) in [6, 6.07) is -1.34. The number of ether oxygens (including phenoxy) is 1. The second kappa shape index (κ2) is 14.3. The predicted molar refractivity (Wildman–Crippen MR) is 89.4 cm³/mol. The Morgan fingerprint density at radius 1 is 0.957 bits per heavy atom. The van der Waals surface area contributed by atoms with Crippen molar-refractivity contribution in [3.8, 4) is 0 Å². The number of carboxylic acid groups (broad SMARTS) is 1. The van der Waals surface area contributed by atoms with Gasteiger partial charge in [0.05, 0.1) is 12.7 Å². The second-order valence-corrected chi connectivity index (χ2v) is 6.02. The quantitative estimate of drug-likeness (QED) is 0.424. The van der Waals surface area contributed by atoms with Crippen molar-refractivity contribution in [1.82, 2.24) is 5.32 Å². The van der Waals surface area contributed by atoms with Crippen LogP contribution in [0.25, 0.3) is 0 Å². The van der Waals surface area contributed by atoms with Gasteiger partial charge in [-0.1, -0.05) is 64.7 Å². The summed E-state index contributed by atoms with van der Waals surface area (Å²) in [5, 5.41) is 20.2. The molecule has 1 amide bonds. The van der Waals surface area contributed by atoms with E-state index in [1.54, 1.807) is 0 Å². The summed E-state index contributed by atoms with van der Waals surface area (Å²) in [4.78, 5) is 22.2. The zero-order chi connectivity index (χ0) is 17.5. The molecule has 0 aromatic rings. The first-order valence-electron chi connectivity index (χ1n) is 8.83. The summed E-state index contributed by atoms with van der Waals surface area (Å²) in [6.45, 7) is 3.80. The van der Waals surface area contributed by atoms with Crippen molar-refractivity contribution in [2.45, 2.75) is 90.2 Å². The molecule has 0 aromatic heterocycles. The molecule has 0 bridgehead atoms. The molecule has 0 fully saturated rings. The molecule has 136 valence electrons. The van der Waals surface area contributed by atoms with Crippen LogP contribution in [0, 0.1) is 0 Å². The highest BCUT2D eigenvalue weighted by molar-refractivity contribution is 5.80. The third-order valence-electron chi connectivity index (χ3n) is 3.75. The molecule has 0 spiro atoms. The summed E-state index contributed by atoms with van der Waals surface area (Å²) in [5.41, 5.74) is 0. The highest BCUT2D eigenvalue weighted by Gasteiger charge is 2.25. The molecule has 0 rings (SSSR count). The number of aliphatic hydroxyl groups excluding tert-OH is 1. The fraction of sp³-hybridized carbons (Fsp3) is 0.882. The number of hydrogen-bond donors (Lipinski definition) is 3. The van der Waals surface area contributed by atoms with E-state index in [4.69, 9.17) is 9.84 Å². The lowest BCUT2D eigenvalue weighted by Crippen LogP contribution is -2.47. The van der Waals surface area contributed by atoms with E-state index >= 15 is 0 Å². The average Bonchev–Trinajstić information content (AvgIpc) is 2.49. The Labute approximate surface area is 139 Å². The smallest absolute Gasteiger partial charge is 0.407 e. The second-order valence-electron chi connectivity index (χ2n) is 6.02. The molecule has 0 aliphatic carbocycles. The number of carboxylic acids is 1. The van der Waals surface area contributed by atoms with Crippen LogP contribution in [0.2, 0.25) is 0 Å². The molecule has 0 saturated heterocycles. The lowest BCUT2D eigenvalue weighted by atomic mass is 10.1. The lowest BCUT2D eigenvalue weighted by molar-refractivity contribution is -0.142. The Hall–Kier alpha value is -1.30. The summed E-state index contributed by atoms with van der Waals surface area (Å²) in [6.07, 6.45) is 9.98. The maximum absolute atomic E-state index is 11.4. The first kappa shape index (κ1) is 21.7. The maximum Gasteiger partial charge on any atom is 0.407 e. The van der Waals surface area contributed by atoms with Crippen LogP contribution in [0.3, 0.4) is 0 Å². The number of unbranched alkanes of at least 4 members (excludes halogenated alkanes) is 9. The predicted octanol–water partition coefficient (Wildman–Crippen LogP) is 3.47. The molecule has 0 radical (unpaired) electrons. The van der Waals surface area contributed by atoms with E-state index in [9.17, 15) is 14.7 Å². The number of aliphatic hydroxyl groups is 1. The molecule has 3 N–H and O–H groups in total. The van der Waals surface area contributed by atoms with Gasteiger partial charge in [0.25, 0.3) is 0 Å². The number of amides is 1. The van der Waals surface area contributed by atoms with E-state index in [0.29, 0.717) is 0 Å². The van der Waals surface area contributed by atoms with Crippen molar-refractivity contribution < 1.29 is 24.5 Å². The van der Waals surface area contributed by atoms with Crippen molar-refractivity contribution in [1.29, 1.82) is 0 Å². The van der Waals surface area contributed by atoms with E-state index in [0.717, 1.165) is 19.3 Å². The minimum Gasteiger partial charge on any atom is -0.480 e. The van der Waals surface area contributed by atoms with Crippen LogP contribution in [0.15, 0.2) is 0 Å². The van der Waals surface area contributed by atoms with Crippen LogP contribution in [-0.4, -0.2) is 41.0 Å². The largest absolute Gasteiger partial charge is 0.480 e. The van der Waals surface area contributed by atoms with Gasteiger partial charge in [0.2, 0.25) is 0 Å². The maximum atomic E-state index is 11.4. The van der Waals surface area contributed by atoms with Gasteiger partial charge in [0.1, 0.15) is 0 Å². The van der Waals surface area contributed by atoms with Gasteiger partial charge in [0, 0.05) is 0 Å². The van der Waals surface area contributed by atoms with Crippen LogP contribution in [0.1, 0.15) is 78.1 Å². The van der Waals surface area contributed by atoms with E-state index < -0.39 is 24.2 Å². The molecule has 0 aliphatic rings. The van der Waals surface area contributed by atoms with Gasteiger partial charge in [0.15, 0.2) is 6.04 Å². The molecular formula is C17H33NO5. The molecular weight excluding hydrogens is 298 g/mol. The van der Waals surface area contributed by atoms with Crippen LogP contribution >= 0.6 is 0 Å². The van der Waals surface area contributed by atoms with E-state index in [1.165, 1.54) is 51.9 Å². The summed E-state index contributed by atoms with van der Waals surface area (Å²) < 4.78 is 4.92. The van der Waals surface area contributed by atoms with E-state index in [2.05, 4.69) is 12.2 Å². The van der Waals surface area contributed by atoms with Crippen molar-refractivity contribution in [3.63, 3.8) is 0 Å². The Morgan fingerprint density at radius 3 is 1.87 bits per heavy atom. The molecule has 2 atom stereocenters. The van der Waals surface area contributed by atoms with Crippen LogP contribution in [-0.2, 0) is 9.53 Å². The average molecular weight is 331 g/mol. The number of nitrogens with one attached hydrogen (secondary N) is 1. The van der Waals surface area contributed by atoms with Gasteiger partial charge in [-0.2, -0.15) is 0 Å². The number of carbonyl (C=O) groups excluding carboxylic acids is 1. The standard InChI is InChI=1S/C17H33NO5/c1-3-4-5-6-7-8-9-10-11-12-13-23-17(22)18-15(14(2)19)16(20)21/h14-15,19H,3-13H2,1-2H3,(H,18,22)(H,20,21)/t14-,15-/m0/s1. The van der Waals surface area contributed by atoms with Gasteiger partial charge in [-0.05, 0) is 13.3 Å². The molecule has 6 nitrogen and oxygen atoms in total. The SMILES string of the molecule is CCCCCCCCCCCCOC(=O)N[C@H](C(=O)O)[C@H](C)O. The zero-order valence-corrected chi connectivity index (χ0v) is 14.6. The summed E-state index contributed by atoms with van der Waals surface area (Å²) in [5.74, 6) is -1.28. The third kappa shape index (κ3) is 12.9. The Kier molecular flexibility index (Phi) is 13.5. The highest BCUT2D eigenvalue weighted by atomic mass is 16.5.